The molecular weight excluding hydrogens is 390 g/mol. The van der Waals surface area contributed by atoms with Crippen LogP contribution in [0.1, 0.15) is 45.6 Å². The summed E-state index contributed by atoms with van der Waals surface area (Å²) in [7, 11) is 0. The SMILES string of the molecule is CC(C)(C)OC(=O)N(C(=O)CCCCc1ccccc1)c1cc2ccccc2nc1N. The maximum atomic E-state index is 13.1. The van der Waals surface area contributed by atoms with Crippen LogP contribution in [0.15, 0.2) is 60.7 Å². The molecule has 0 aliphatic carbocycles. The highest BCUT2D eigenvalue weighted by Gasteiger charge is 2.30. The number of ether oxygens (including phenoxy) is 1. The third-order valence-electron chi connectivity index (χ3n) is 4.75. The Kier molecular flexibility index (Phi) is 6.90. The Labute approximate surface area is 183 Å². The van der Waals surface area contributed by atoms with Crippen LogP contribution in [0.25, 0.3) is 10.9 Å². The predicted molar refractivity (Wildman–Crippen MR) is 124 cm³/mol. The zero-order valence-electron chi connectivity index (χ0n) is 18.3. The highest BCUT2D eigenvalue weighted by atomic mass is 16.6. The summed E-state index contributed by atoms with van der Waals surface area (Å²) in [4.78, 5) is 31.5. The molecule has 0 aliphatic rings. The second-order valence-corrected chi connectivity index (χ2v) is 8.49. The first-order chi connectivity index (χ1) is 14.7. The van der Waals surface area contributed by atoms with Crippen molar-refractivity contribution in [2.75, 3.05) is 10.6 Å². The van der Waals surface area contributed by atoms with Crippen molar-refractivity contribution in [3.63, 3.8) is 0 Å². The first kappa shape index (κ1) is 22.3. The number of carbonyl (C=O) groups excluding carboxylic acids is 2. The number of pyridine rings is 1. The van der Waals surface area contributed by atoms with Crippen molar-refractivity contribution in [1.29, 1.82) is 0 Å². The summed E-state index contributed by atoms with van der Waals surface area (Å²) < 4.78 is 5.50. The van der Waals surface area contributed by atoms with Gasteiger partial charge >= 0.3 is 6.09 Å². The van der Waals surface area contributed by atoms with Gasteiger partial charge in [0, 0.05) is 11.8 Å². The van der Waals surface area contributed by atoms with Crippen molar-refractivity contribution < 1.29 is 14.3 Å². The number of imide groups is 1. The lowest BCUT2D eigenvalue weighted by atomic mass is 10.1. The van der Waals surface area contributed by atoms with E-state index in [1.54, 1.807) is 26.8 Å². The first-order valence-electron chi connectivity index (χ1n) is 10.5. The fourth-order valence-electron chi connectivity index (χ4n) is 3.30. The molecule has 6 heteroatoms. The normalized spacial score (nSPS) is 11.3. The van der Waals surface area contributed by atoms with Gasteiger partial charge in [-0.1, -0.05) is 48.5 Å². The van der Waals surface area contributed by atoms with Crippen LogP contribution in [0.2, 0.25) is 0 Å². The Bertz CT molecular complexity index is 1060. The summed E-state index contributed by atoms with van der Waals surface area (Å²) in [5.74, 6) is -0.242. The van der Waals surface area contributed by atoms with E-state index < -0.39 is 11.7 Å². The van der Waals surface area contributed by atoms with E-state index >= 15 is 0 Å². The molecule has 0 bridgehead atoms. The Morgan fingerprint density at radius 2 is 1.68 bits per heavy atom. The number of anilines is 2. The van der Waals surface area contributed by atoms with Gasteiger partial charge in [0.25, 0.3) is 0 Å². The van der Waals surface area contributed by atoms with Gasteiger partial charge in [-0.15, -0.1) is 0 Å². The smallest absolute Gasteiger partial charge is 0.421 e. The van der Waals surface area contributed by atoms with E-state index in [-0.39, 0.29) is 23.8 Å². The van der Waals surface area contributed by atoms with E-state index in [0.717, 1.165) is 23.1 Å². The number of hydrogen-bond donors (Lipinski definition) is 1. The molecule has 3 rings (SSSR count). The molecular formula is C25H29N3O3. The Balaban J connectivity index is 1.80. The number of benzene rings is 2. The molecule has 0 saturated carbocycles. The van der Waals surface area contributed by atoms with Crippen LogP contribution in [0.4, 0.5) is 16.3 Å². The van der Waals surface area contributed by atoms with Crippen LogP contribution in [0.5, 0.6) is 0 Å². The lowest BCUT2D eigenvalue weighted by molar-refractivity contribution is -0.118. The van der Waals surface area contributed by atoms with Crippen LogP contribution in [0, 0.1) is 0 Å². The van der Waals surface area contributed by atoms with Crippen molar-refractivity contribution >= 4 is 34.4 Å². The van der Waals surface area contributed by atoms with Gasteiger partial charge in [0.05, 0.1) is 11.2 Å². The molecule has 162 valence electrons. The lowest BCUT2D eigenvalue weighted by Crippen LogP contribution is -2.41. The van der Waals surface area contributed by atoms with Crippen LogP contribution >= 0.6 is 0 Å². The first-order valence-corrected chi connectivity index (χ1v) is 10.5. The molecule has 1 aromatic heterocycles. The molecule has 0 aliphatic heterocycles. The number of nitrogen functional groups attached to an aromatic ring is 1. The van der Waals surface area contributed by atoms with E-state index in [4.69, 9.17) is 10.5 Å². The largest absolute Gasteiger partial charge is 0.443 e. The minimum absolute atomic E-state index is 0.113. The van der Waals surface area contributed by atoms with E-state index in [0.29, 0.717) is 11.9 Å². The second-order valence-electron chi connectivity index (χ2n) is 8.49. The van der Waals surface area contributed by atoms with Gasteiger partial charge in [-0.3, -0.25) is 4.79 Å². The number of unbranched alkanes of at least 4 members (excludes halogenated alkanes) is 1. The van der Waals surface area contributed by atoms with Crippen LogP contribution in [0.3, 0.4) is 0 Å². The van der Waals surface area contributed by atoms with Gasteiger partial charge in [0.15, 0.2) is 0 Å². The fraction of sp³-hybridized carbons (Fsp3) is 0.320. The highest BCUT2D eigenvalue weighted by Crippen LogP contribution is 2.29. The second kappa shape index (κ2) is 9.60. The minimum Gasteiger partial charge on any atom is -0.443 e. The van der Waals surface area contributed by atoms with Gasteiger partial charge in [0.2, 0.25) is 5.91 Å². The van der Waals surface area contributed by atoms with Gasteiger partial charge < -0.3 is 10.5 Å². The molecule has 0 saturated heterocycles. The Morgan fingerprint density at radius 1 is 1.00 bits per heavy atom. The zero-order valence-corrected chi connectivity index (χ0v) is 18.3. The standard InChI is InChI=1S/C25H29N3O3/c1-25(2,3)31-24(30)28(21-17-19-14-8-9-15-20(19)27-23(21)26)22(29)16-10-7-13-18-11-5-4-6-12-18/h4-6,8-9,11-12,14-15,17H,7,10,13,16H2,1-3H3,(H2,26,27). The molecule has 3 aromatic rings. The lowest BCUT2D eigenvalue weighted by Gasteiger charge is -2.27. The van der Waals surface area contributed by atoms with Gasteiger partial charge in [-0.2, -0.15) is 0 Å². The quantitative estimate of drug-likeness (QED) is 0.533. The average molecular weight is 420 g/mol. The molecule has 0 fully saturated rings. The number of hydrogen-bond acceptors (Lipinski definition) is 5. The van der Waals surface area contributed by atoms with Crippen molar-refractivity contribution in [1.82, 2.24) is 4.98 Å². The average Bonchev–Trinajstić information content (AvgIpc) is 2.71. The zero-order chi connectivity index (χ0) is 22.4. The maximum absolute atomic E-state index is 13.1. The maximum Gasteiger partial charge on any atom is 0.421 e. The summed E-state index contributed by atoms with van der Waals surface area (Å²) in [5, 5.41) is 0.789. The Hall–Kier alpha value is -3.41. The number of carbonyl (C=O) groups is 2. The minimum atomic E-state index is -0.748. The number of rotatable bonds is 6. The molecule has 0 spiro atoms. The number of aromatic nitrogens is 1. The molecule has 2 N–H and O–H groups in total. The van der Waals surface area contributed by atoms with Gasteiger partial charge in [-0.25, -0.2) is 14.7 Å². The third-order valence-corrected chi connectivity index (χ3v) is 4.75. The molecule has 2 aromatic carbocycles. The number of fused-ring (bicyclic) bond motifs is 1. The van der Waals surface area contributed by atoms with Crippen LogP contribution in [-0.2, 0) is 16.0 Å². The number of nitrogens with two attached hydrogens (primary N) is 1. The van der Waals surface area contributed by atoms with E-state index in [2.05, 4.69) is 17.1 Å². The Morgan fingerprint density at radius 3 is 2.39 bits per heavy atom. The van der Waals surface area contributed by atoms with Gasteiger partial charge in [0.1, 0.15) is 11.4 Å². The molecule has 31 heavy (non-hydrogen) atoms. The molecule has 6 nitrogen and oxygen atoms in total. The van der Waals surface area contributed by atoms with Crippen molar-refractivity contribution in [3.8, 4) is 0 Å². The molecule has 0 radical (unpaired) electrons. The number of amides is 2. The molecule has 2 amide bonds. The molecule has 0 atom stereocenters. The summed E-state index contributed by atoms with van der Waals surface area (Å²) in [6, 6.07) is 19.2. The molecule has 1 heterocycles. The van der Waals surface area contributed by atoms with E-state index in [1.807, 2.05) is 42.5 Å². The number of para-hydroxylation sites is 1. The van der Waals surface area contributed by atoms with Crippen molar-refractivity contribution in [2.24, 2.45) is 0 Å². The van der Waals surface area contributed by atoms with Gasteiger partial charge in [-0.05, 0) is 57.7 Å². The fourth-order valence-corrected chi connectivity index (χ4v) is 3.30. The van der Waals surface area contributed by atoms with Crippen LogP contribution in [-0.4, -0.2) is 22.6 Å². The highest BCUT2D eigenvalue weighted by molar-refractivity contribution is 6.14. The van der Waals surface area contributed by atoms with Crippen molar-refractivity contribution in [2.45, 2.75) is 52.1 Å². The van der Waals surface area contributed by atoms with Crippen molar-refractivity contribution in [3.05, 3.63) is 66.2 Å². The third kappa shape index (κ3) is 6.04. The monoisotopic (exact) mass is 419 g/mol. The summed E-state index contributed by atoms with van der Waals surface area (Å²) >= 11 is 0. The summed E-state index contributed by atoms with van der Waals surface area (Å²) in [6.45, 7) is 5.28. The summed E-state index contributed by atoms with van der Waals surface area (Å²) in [6.07, 6.45) is 1.82. The van der Waals surface area contributed by atoms with Crippen LogP contribution < -0.4 is 10.6 Å². The number of aryl methyl sites for hydroxylation is 1. The molecule has 0 unspecified atom stereocenters. The van der Waals surface area contributed by atoms with E-state index in [9.17, 15) is 9.59 Å². The number of nitrogens with zero attached hydrogens (tertiary/aromatic N) is 2. The van der Waals surface area contributed by atoms with E-state index in [1.165, 1.54) is 5.56 Å². The summed E-state index contributed by atoms with van der Waals surface area (Å²) in [5.41, 5.74) is 7.57. The topological polar surface area (TPSA) is 85.5 Å². The predicted octanol–water partition coefficient (Wildman–Crippen LogP) is 5.50.